The maximum atomic E-state index is 13.3. The van der Waals surface area contributed by atoms with Crippen LogP contribution in [0.1, 0.15) is 0 Å². The molecule has 1 aromatic carbocycles. The molecule has 5 aromatic rings. The zero-order chi connectivity index (χ0) is 27.6. The largest absolute Gasteiger partial charge is 0.491 e. The van der Waals surface area contributed by atoms with Crippen LogP contribution in [0.2, 0.25) is 0 Å². The van der Waals surface area contributed by atoms with Gasteiger partial charge in [0.15, 0.2) is 17.1 Å². The molecule has 0 atom stereocenters. The van der Waals surface area contributed by atoms with Crippen LogP contribution >= 0.6 is 0 Å². The van der Waals surface area contributed by atoms with Gasteiger partial charge in [0.2, 0.25) is 11.8 Å². The Hall–Kier alpha value is -4.36. The summed E-state index contributed by atoms with van der Waals surface area (Å²) in [4.78, 5) is 27.5. The smallest absolute Gasteiger partial charge is 0.330 e. The van der Waals surface area contributed by atoms with E-state index in [1.54, 1.807) is 53.3 Å². The summed E-state index contributed by atoms with van der Waals surface area (Å²) in [5.41, 5.74) is 2.80. The monoisotopic (exact) mass is 547 g/mol. The fourth-order valence-corrected chi connectivity index (χ4v) is 5.11. The van der Waals surface area contributed by atoms with Crippen LogP contribution in [0, 0.1) is 0 Å². The first-order valence-corrected chi connectivity index (χ1v) is 13.3. The lowest BCUT2D eigenvalue weighted by Crippen LogP contribution is -2.47. The number of hydrogen-bond donors (Lipinski definition) is 1. The molecule has 0 saturated carbocycles. The zero-order valence-electron chi connectivity index (χ0n) is 22.9. The first kappa shape index (κ1) is 25.9. The Morgan fingerprint density at radius 3 is 2.50 bits per heavy atom. The second-order valence-electron chi connectivity index (χ2n) is 9.66. The van der Waals surface area contributed by atoms with Crippen molar-refractivity contribution < 1.29 is 13.9 Å². The predicted octanol–water partition coefficient (Wildman–Crippen LogP) is 1.93. The Bertz CT molecular complexity index is 1650. The van der Waals surface area contributed by atoms with E-state index in [0.29, 0.717) is 54.1 Å². The number of piperazine rings is 1. The number of anilines is 2. The Kier molecular flexibility index (Phi) is 7.13. The molecule has 40 heavy (non-hydrogen) atoms. The van der Waals surface area contributed by atoms with Crippen molar-refractivity contribution >= 4 is 28.4 Å². The third-order valence-electron chi connectivity index (χ3n) is 7.29. The molecular weight excluding hydrogens is 514 g/mol. The molecule has 13 heteroatoms. The average molecular weight is 548 g/mol. The highest BCUT2D eigenvalue weighted by atomic mass is 16.5. The van der Waals surface area contributed by atoms with Crippen LogP contribution in [-0.4, -0.2) is 93.7 Å². The highest BCUT2D eigenvalue weighted by molar-refractivity contribution is 5.88. The lowest BCUT2D eigenvalue weighted by atomic mass is 10.2. The highest BCUT2D eigenvalue weighted by Gasteiger charge is 2.23. The van der Waals surface area contributed by atoms with Gasteiger partial charge in [0.1, 0.15) is 17.9 Å². The average Bonchev–Trinajstić information content (AvgIpc) is 3.72. The summed E-state index contributed by atoms with van der Waals surface area (Å²) in [6.07, 6.45) is 1.58. The first-order valence-electron chi connectivity index (χ1n) is 13.3. The lowest BCUT2D eigenvalue weighted by molar-refractivity contribution is 0.146. The van der Waals surface area contributed by atoms with E-state index in [4.69, 9.17) is 23.9 Å². The summed E-state index contributed by atoms with van der Waals surface area (Å²) in [5.74, 6) is 2.32. The van der Waals surface area contributed by atoms with Crippen LogP contribution in [0.3, 0.4) is 0 Å². The van der Waals surface area contributed by atoms with Crippen molar-refractivity contribution in [3.8, 4) is 17.3 Å². The van der Waals surface area contributed by atoms with Crippen LogP contribution in [0.4, 0.5) is 11.6 Å². The van der Waals surface area contributed by atoms with Crippen LogP contribution < -0.4 is 20.6 Å². The number of furan rings is 1. The Balaban J connectivity index is 1.16. The van der Waals surface area contributed by atoms with Gasteiger partial charge in [0.25, 0.3) is 0 Å². The fraction of sp³-hybridized carbons (Fsp3) is 0.407. The van der Waals surface area contributed by atoms with E-state index in [2.05, 4.69) is 32.3 Å². The molecule has 0 unspecified atom stereocenters. The summed E-state index contributed by atoms with van der Waals surface area (Å²) < 4.78 is 21.1. The van der Waals surface area contributed by atoms with Gasteiger partial charge in [0, 0.05) is 66.2 Å². The number of imidazole rings is 1. The molecule has 5 heterocycles. The molecule has 0 radical (unpaired) electrons. The number of methoxy groups -OCH3 is 1. The maximum Gasteiger partial charge on any atom is 0.330 e. The number of rotatable bonds is 10. The Morgan fingerprint density at radius 2 is 1.80 bits per heavy atom. The van der Waals surface area contributed by atoms with E-state index < -0.39 is 0 Å². The second kappa shape index (κ2) is 11.0. The minimum Gasteiger partial charge on any atom is -0.491 e. The number of benzene rings is 1. The molecule has 1 aliphatic heterocycles. The SMILES string of the molecule is CNc1nc2c(c3nc(-c4ccco4)nn13)n(C)c(=O)n2CCN1CCN(c2ccc(OCCOC)cc2)CC1. The summed E-state index contributed by atoms with van der Waals surface area (Å²) in [6.45, 7) is 6.00. The first-order chi connectivity index (χ1) is 19.6. The quantitative estimate of drug-likeness (QED) is 0.260. The highest BCUT2D eigenvalue weighted by Crippen LogP contribution is 2.24. The summed E-state index contributed by atoms with van der Waals surface area (Å²) in [7, 11) is 5.18. The number of nitrogens with one attached hydrogen (secondary N) is 1. The Morgan fingerprint density at radius 1 is 1.00 bits per heavy atom. The van der Waals surface area contributed by atoms with E-state index in [-0.39, 0.29) is 5.69 Å². The number of fused-ring (bicyclic) bond motifs is 3. The van der Waals surface area contributed by atoms with Gasteiger partial charge in [-0.2, -0.15) is 9.50 Å². The number of ether oxygens (including phenoxy) is 2. The molecule has 0 bridgehead atoms. The summed E-state index contributed by atoms with van der Waals surface area (Å²) >= 11 is 0. The van der Waals surface area contributed by atoms with E-state index in [1.165, 1.54) is 5.69 Å². The number of aryl methyl sites for hydroxylation is 1. The van der Waals surface area contributed by atoms with Crippen LogP contribution in [0.15, 0.2) is 51.9 Å². The van der Waals surface area contributed by atoms with Gasteiger partial charge in [-0.25, -0.2) is 9.78 Å². The number of aromatic nitrogens is 6. The van der Waals surface area contributed by atoms with Crippen LogP contribution in [0.25, 0.3) is 28.4 Å². The molecule has 1 fully saturated rings. The van der Waals surface area contributed by atoms with Gasteiger partial charge in [-0.15, -0.1) is 5.10 Å². The van der Waals surface area contributed by atoms with Gasteiger partial charge in [-0.1, -0.05) is 0 Å². The van der Waals surface area contributed by atoms with Crippen molar-refractivity contribution in [3.63, 3.8) is 0 Å². The molecule has 1 saturated heterocycles. The van der Waals surface area contributed by atoms with Crippen molar-refractivity contribution in [3.05, 3.63) is 53.1 Å². The van der Waals surface area contributed by atoms with E-state index >= 15 is 0 Å². The van der Waals surface area contributed by atoms with E-state index in [9.17, 15) is 4.79 Å². The van der Waals surface area contributed by atoms with Crippen LogP contribution in [0.5, 0.6) is 5.75 Å². The molecule has 210 valence electrons. The third kappa shape index (κ3) is 4.77. The standard InChI is InChI=1S/C27H33N9O4/c1-28-26-30-24-22(25-29-23(31-36(25)26)21-5-4-16-40-21)32(2)27(37)35(24)15-12-33-10-13-34(14-11-33)19-6-8-20(9-7-19)39-18-17-38-3/h4-9,16H,10-15,17-18H2,1-3H3,(H,28,30). The molecule has 1 aliphatic rings. The summed E-state index contributed by atoms with van der Waals surface area (Å²) in [5, 5.41) is 7.65. The van der Waals surface area contributed by atoms with Crippen molar-refractivity contribution in [1.29, 1.82) is 0 Å². The molecule has 13 nitrogen and oxygen atoms in total. The summed E-state index contributed by atoms with van der Waals surface area (Å²) in [6, 6.07) is 11.8. The van der Waals surface area contributed by atoms with Gasteiger partial charge in [0.05, 0.1) is 12.9 Å². The third-order valence-corrected chi connectivity index (χ3v) is 7.29. The van der Waals surface area contributed by atoms with Gasteiger partial charge < -0.3 is 24.1 Å². The molecule has 0 aliphatic carbocycles. The van der Waals surface area contributed by atoms with E-state index in [0.717, 1.165) is 38.5 Å². The molecule has 0 amide bonds. The van der Waals surface area contributed by atoms with E-state index in [1.807, 2.05) is 12.1 Å². The minimum absolute atomic E-state index is 0.133. The van der Waals surface area contributed by atoms with Gasteiger partial charge >= 0.3 is 5.69 Å². The minimum atomic E-state index is -0.133. The molecule has 1 N–H and O–H groups in total. The van der Waals surface area contributed by atoms with Crippen molar-refractivity contribution in [2.45, 2.75) is 6.54 Å². The molecule has 4 aromatic heterocycles. The second-order valence-corrected chi connectivity index (χ2v) is 9.66. The number of nitrogens with zero attached hydrogens (tertiary/aromatic N) is 8. The van der Waals surface area contributed by atoms with Gasteiger partial charge in [-0.3, -0.25) is 14.0 Å². The predicted molar refractivity (Wildman–Crippen MR) is 151 cm³/mol. The lowest BCUT2D eigenvalue weighted by Gasteiger charge is -2.36. The molecule has 0 spiro atoms. The van der Waals surface area contributed by atoms with Gasteiger partial charge in [-0.05, 0) is 36.4 Å². The normalized spacial score (nSPS) is 14.4. The molecular formula is C27H33N9O4. The van der Waals surface area contributed by atoms with Crippen molar-refractivity contribution in [2.75, 3.05) is 70.3 Å². The van der Waals surface area contributed by atoms with Crippen molar-refractivity contribution in [1.82, 2.24) is 33.6 Å². The number of hydrogen-bond acceptors (Lipinski definition) is 10. The van der Waals surface area contributed by atoms with Crippen molar-refractivity contribution in [2.24, 2.45) is 7.05 Å². The fourth-order valence-electron chi connectivity index (χ4n) is 5.11. The van der Waals surface area contributed by atoms with Crippen LogP contribution in [-0.2, 0) is 18.3 Å². The Labute approximate surface area is 230 Å². The topological polar surface area (TPSA) is 120 Å². The molecule has 6 rings (SSSR count). The zero-order valence-corrected chi connectivity index (χ0v) is 22.9. The maximum absolute atomic E-state index is 13.3.